The molecule has 0 aliphatic carbocycles. The molecule has 0 unspecified atom stereocenters. The predicted octanol–water partition coefficient (Wildman–Crippen LogP) is 2.06. The molecule has 0 aliphatic rings. The second-order valence-electron chi connectivity index (χ2n) is 3.75. The van der Waals surface area contributed by atoms with E-state index in [2.05, 4.69) is 28.7 Å². The van der Waals surface area contributed by atoms with E-state index in [1.165, 1.54) is 12.7 Å². The maximum Gasteiger partial charge on any atom is 0.384 e. The molecule has 0 spiro atoms. The number of nitrogens with zero attached hydrogens (tertiary/aromatic N) is 1. The first-order valence-electron chi connectivity index (χ1n) is 5.58. The van der Waals surface area contributed by atoms with E-state index in [9.17, 15) is 4.79 Å². The van der Waals surface area contributed by atoms with Crippen LogP contribution >= 0.6 is 0 Å². The third-order valence-corrected chi connectivity index (χ3v) is 2.50. The quantitative estimate of drug-likeness (QED) is 0.593. The molecule has 0 atom stereocenters. The van der Waals surface area contributed by atoms with Gasteiger partial charge in [-0.1, -0.05) is 30.3 Å². The zero-order valence-electron chi connectivity index (χ0n) is 10.1. The van der Waals surface area contributed by atoms with Gasteiger partial charge in [0.25, 0.3) is 0 Å². The van der Waals surface area contributed by atoms with Crippen molar-refractivity contribution < 1.29 is 9.53 Å². The third kappa shape index (κ3) is 3.02. The summed E-state index contributed by atoms with van der Waals surface area (Å²) >= 11 is 0. The molecule has 1 aromatic heterocycles. The van der Waals surface area contributed by atoms with Gasteiger partial charge in [0.1, 0.15) is 0 Å². The van der Waals surface area contributed by atoms with Gasteiger partial charge in [-0.2, -0.15) is 0 Å². The van der Waals surface area contributed by atoms with Gasteiger partial charge < -0.3 is 9.30 Å². The van der Waals surface area contributed by atoms with Crippen molar-refractivity contribution in [3.8, 4) is 11.8 Å². The Balaban J connectivity index is 2.17. The van der Waals surface area contributed by atoms with Crippen LogP contribution in [0.3, 0.4) is 0 Å². The minimum absolute atomic E-state index is 0.525. The van der Waals surface area contributed by atoms with Gasteiger partial charge in [0.2, 0.25) is 0 Å². The first-order valence-corrected chi connectivity index (χ1v) is 5.58. The standard InChI is InChI=1S/C15H13NO2/c1-18-15(17)10-9-14-8-5-11-16(14)12-13-6-3-2-4-7-13/h2-8,11H,12H2,1H3. The predicted molar refractivity (Wildman–Crippen MR) is 68.9 cm³/mol. The molecule has 0 N–H and O–H groups in total. The Hall–Kier alpha value is -2.47. The van der Waals surface area contributed by atoms with Gasteiger partial charge in [0, 0.05) is 18.7 Å². The first-order chi connectivity index (χ1) is 8.79. The number of rotatable bonds is 2. The van der Waals surface area contributed by atoms with Crippen LogP contribution in [-0.2, 0) is 16.1 Å². The average Bonchev–Trinajstić information content (AvgIpc) is 2.84. The summed E-state index contributed by atoms with van der Waals surface area (Å²) in [5, 5.41) is 0. The van der Waals surface area contributed by atoms with Crippen molar-refractivity contribution in [2.45, 2.75) is 6.54 Å². The molecule has 0 saturated heterocycles. The van der Waals surface area contributed by atoms with E-state index in [0.29, 0.717) is 0 Å². The van der Waals surface area contributed by atoms with Gasteiger partial charge in [0.05, 0.1) is 12.8 Å². The molecule has 0 saturated carbocycles. The first kappa shape index (κ1) is 12.0. The molecule has 3 nitrogen and oxygen atoms in total. The Kier molecular flexibility index (Phi) is 3.83. The second kappa shape index (κ2) is 5.74. The summed E-state index contributed by atoms with van der Waals surface area (Å²) in [4.78, 5) is 11.0. The normalized spacial score (nSPS) is 9.39. The fourth-order valence-electron chi connectivity index (χ4n) is 1.61. The lowest BCUT2D eigenvalue weighted by molar-refractivity contribution is -0.133. The highest BCUT2D eigenvalue weighted by Gasteiger charge is 1.99. The summed E-state index contributed by atoms with van der Waals surface area (Å²) in [6.45, 7) is 0.735. The molecule has 0 aliphatic heterocycles. The van der Waals surface area contributed by atoms with Crippen LogP contribution in [0.2, 0.25) is 0 Å². The van der Waals surface area contributed by atoms with Crippen LogP contribution in [0.4, 0.5) is 0 Å². The van der Waals surface area contributed by atoms with Crippen molar-refractivity contribution in [1.29, 1.82) is 0 Å². The molecule has 0 bridgehead atoms. The highest BCUT2D eigenvalue weighted by molar-refractivity contribution is 5.88. The molecule has 18 heavy (non-hydrogen) atoms. The number of methoxy groups -OCH3 is 1. The Morgan fingerprint density at radius 3 is 2.72 bits per heavy atom. The van der Waals surface area contributed by atoms with Crippen LogP contribution in [0.1, 0.15) is 11.3 Å². The molecule has 0 amide bonds. The number of benzene rings is 1. The lowest BCUT2D eigenvalue weighted by Gasteiger charge is -2.04. The zero-order chi connectivity index (χ0) is 12.8. The van der Waals surface area contributed by atoms with E-state index in [1.54, 1.807) is 0 Å². The number of ether oxygens (including phenoxy) is 1. The zero-order valence-corrected chi connectivity index (χ0v) is 10.1. The Morgan fingerprint density at radius 2 is 2.00 bits per heavy atom. The van der Waals surface area contributed by atoms with E-state index >= 15 is 0 Å². The van der Waals surface area contributed by atoms with Gasteiger partial charge in [-0.15, -0.1) is 0 Å². The lowest BCUT2D eigenvalue weighted by atomic mass is 10.2. The van der Waals surface area contributed by atoms with Crippen molar-refractivity contribution in [1.82, 2.24) is 4.57 Å². The fraction of sp³-hybridized carbons (Fsp3) is 0.133. The number of hydrogen-bond donors (Lipinski definition) is 0. The molecule has 90 valence electrons. The summed E-state index contributed by atoms with van der Waals surface area (Å²) in [6, 6.07) is 13.9. The summed E-state index contributed by atoms with van der Waals surface area (Å²) in [6.07, 6.45) is 1.94. The van der Waals surface area contributed by atoms with Crippen molar-refractivity contribution >= 4 is 5.97 Å². The smallest absolute Gasteiger partial charge is 0.384 e. The third-order valence-electron chi connectivity index (χ3n) is 2.50. The molecule has 2 aromatic rings. The maximum absolute atomic E-state index is 11.0. The fourth-order valence-corrected chi connectivity index (χ4v) is 1.61. The summed E-state index contributed by atoms with van der Waals surface area (Å²) < 4.78 is 6.48. The number of aromatic nitrogens is 1. The molecule has 1 aromatic carbocycles. The van der Waals surface area contributed by atoms with Crippen molar-refractivity contribution in [2.24, 2.45) is 0 Å². The number of carbonyl (C=O) groups excluding carboxylic acids is 1. The van der Waals surface area contributed by atoms with Gasteiger partial charge >= 0.3 is 5.97 Å². The van der Waals surface area contributed by atoms with Gasteiger partial charge in [-0.3, -0.25) is 0 Å². The van der Waals surface area contributed by atoms with Gasteiger partial charge in [0.15, 0.2) is 0 Å². The van der Waals surface area contributed by atoms with Crippen molar-refractivity contribution in [2.75, 3.05) is 7.11 Å². The minimum atomic E-state index is -0.525. The van der Waals surface area contributed by atoms with E-state index in [0.717, 1.165) is 12.2 Å². The molecule has 1 heterocycles. The minimum Gasteiger partial charge on any atom is -0.459 e. The van der Waals surface area contributed by atoms with Crippen LogP contribution in [0.25, 0.3) is 0 Å². The van der Waals surface area contributed by atoms with E-state index in [4.69, 9.17) is 0 Å². The van der Waals surface area contributed by atoms with Crippen LogP contribution in [-0.4, -0.2) is 17.6 Å². The van der Waals surface area contributed by atoms with E-state index in [-0.39, 0.29) is 0 Å². The maximum atomic E-state index is 11.0. The lowest BCUT2D eigenvalue weighted by Crippen LogP contribution is -2.01. The molecule has 0 fully saturated rings. The summed E-state index contributed by atoms with van der Waals surface area (Å²) in [5.41, 5.74) is 1.99. The SMILES string of the molecule is COC(=O)C#Cc1cccn1Cc1ccccc1. The molecule has 0 radical (unpaired) electrons. The molecule has 2 rings (SSSR count). The Morgan fingerprint density at radius 1 is 1.22 bits per heavy atom. The van der Waals surface area contributed by atoms with Crippen LogP contribution in [0.5, 0.6) is 0 Å². The topological polar surface area (TPSA) is 31.2 Å². The van der Waals surface area contributed by atoms with Crippen molar-refractivity contribution in [3.63, 3.8) is 0 Å². The highest BCUT2D eigenvalue weighted by atomic mass is 16.5. The van der Waals surface area contributed by atoms with Crippen LogP contribution < -0.4 is 0 Å². The summed E-state index contributed by atoms with van der Waals surface area (Å²) in [5.74, 6) is 4.71. The summed E-state index contributed by atoms with van der Waals surface area (Å²) in [7, 11) is 1.32. The highest BCUT2D eigenvalue weighted by Crippen LogP contribution is 2.06. The number of esters is 1. The van der Waals surface area contributed by atoms with Crippen LogP contribution in [0.15, 0.2) is 48.7 Å². The molecular weight excluding hydrogens is 226 g/mol. The Bertz CT molecular complexity index is 588. The molecule has 3 heteroatoms. The van der Waals surface area contributed by atoms with Crippen molar-refractivity contribution in [3.05, 3.63) is 59.9 Å². The van der Waals surface area contributed by atoms with E-state index < -0.39 is 5.97 Å². The number of hydrogen-bond acceptors (Lipinski definition) is 2. The van der Waals surface area contributed by atoms with Crippen LogP contribution in [0, 0.1) is 11.8 Å². The van der Waals surface area contributed by atoms with Gasteiger partial charge in [-0.05, 0) is 23.6 Å². The van der Waals surface area contributed by atoms with Gasteiger partial charge in [-0.25, -0.2) is 4.79 Å². The van der Waals surface area contributed by atoms with E-state index in [1.807, 2.05) is 41.1 Å². The largest absolute Gasteiger partial charge is 0.459 e. The second-order valence-corrected chi connectivity index (χ2v) is 3.75. The monoisotopic (exact) mass is 239 g/mol. The average molecular weight is 239 g/mol. The molecular formula is C15H13NO2. The number of carbonyl (C=O) groups is 1. The Labute approximate surface area is 106 Å².